The highest BCUT2D eigenvalue weighted by atomic mass is 32.2. The van der Waals surface area contributed by atoms with Crippen LogP contribution in [0.1, 0.15) is 73.1 Å². The van der Waals surface area contributed by atoms with E-state index in [1.54, 1.807) is 23.9 Å². The maximum atomic E-state index is 12.6. The Morgan fingerprint density at radius 2 is 1.63 bits per heavy atom. The van der Waals surface area contributed by atoms with Crippen LogP contribution in [0.4, 0.5) is 4.79 Å². The second-order valence-corrected chi connectivity index (χ2v) is 12.0. The number of thioether (sulfide) groups is 1. The molecule has 1 aromatic heterocycles. The predicted molar refractivity (Wildman–Crippen MR) is 154 cm³/mol. The first-order chi connectivity index (χ1) is 17.8. The minimum Gasteiger partial charge on any atom is -0.478 e. The zero-order chi connectivity index (χ0) is 28.0. The van der Waals surface area contributed by atoms with Gasteiger partial charge in [-0.15, -0.1) is 11.8 Å². The minimum absolute atomic E-state index is 0.265. The van der Waals surface area contributed by atoms with Crippen molar-refractivity contribution in [3.05, 3.63) is 82.2 Å². The summed E-state index contributed by atoms with van der Waals surface area (Å²) in [5, 5.41) is 12.2. The van der Waals surface area contributed by atoms with E-state index in [2.05, 4.69) is 50.4 Å². The Kier molecular flexibility index (Phi) is 9.60. The van der Waals surface area contributed by atoms with Crippen molar-refractivity contribution in [1.82, 2.24) is 10.3 Å². The number of carboxylic acids is 1. The number of carboxylic acid groups (broad SMARTS) is 1. The number of ether oxygens (including phenoxy) is 1. The lowest BCUT2D eigenvalue weighted by Crippen LogP contribution is -2.32. The van der Waals surface area contributed by atoms with Crippen molar-refractivity contribution in [3.8, 4) is 11.1 Å². The molecule has 0 fully saturated rings. The fraction of sp³-hybridized carbons (Fsp3) is 0.387. The fourth-order valence-electron chi connectivity index (χ4n) is 4.16. The molecule has 38 heavy (non-hydrogen) atoms. The first-order valence-electron chi connectivity index (χ1n) is 12.9. The van der Waals surface area contributed by atoms with Crippen molar-refractivity contribution in [2.75, 3.05) is 0 Å². The summed E-state index contributed by atoms with van der Waals surface area (Å²) < 4.78 is 5.51. The highest BCUT2D eigenvalue weighted by Gasteiger charge is 2.22. The molecule has 202 valence electrons. The van der Waals surface area contributed by atoms with Gasteiger partial charge in [0.05, 0.1) is 5.56 Å². The van der Waals surface area contributed by atoms with E-state index >= 15 is 0 Å². The summed E-state index contributed by atoms with van der Waals surface area (Å²) in [4.78, 5) is 29.8. The van der Waals surface area contributed by atoms with Gasteiger partial charge >= 0.3 is 12.1 Å². The Bertz CT molecular complexity index is 1280. The Morgan fingerprint density at radius 3 is 2.18 bits per heavy atom. The molecule has 6 nitrogen and oxygen atoms in total. The van der Waals surface area contributed by atoms with E-state index in [0.717, 1.165) is 45.0 Å². The third kappa shape index (κ3) is 8.09. The summed E-state index contributed by atoms with van der Waals surface area (Å²) in [7, 11) is 0. The number of nitrogens with one attached hydrogen (secondary N) is 1. The predicted octanol–water partition coefficient (Wildman–Crippen LogP) is 7.58. The van der Waals surface area contributed by atoms with E-state index in [-0.39, 0.29) is 5.56 Å². The number of amides is 1. The van der Waals surface area contributed by atoms with Gasteiger partial charge in [-0.05, 0) is 87.9 Å². The third-order valence-electron chi connectivity index (χ3n) is 5.93. The number of aromatic carboxylic acids is 1. The molecule has 0 unspecified atom stereocenters. The Balaban J connectivity index is 2.08. The second kappa shape index (κ2) is 12.5. The van der Waals surface area contributed by atoms with Crippen molar-refractivity contribution in [2.45, 2.75) is 77.7 Å². The number of carbonyl (C=O) groups is 2. The molecule has 3 aromatic rings. The minimum atomic E-state index is -0.939. The number of benzene rings is 2. The van der Waals surface area contributed by atoms with E-state index in [1.807, 2.05) is 39.8 Å². The molecular formula is C31H38N2O4S. The summed E-state index contributed by atoms with van der Waals surface area (Å²) in [6.07, 6.45) is 0.327. The number of hydrogen-bond donors (Lipinski definition) is 2. The van der Waals surface area contributed by atoms with Gasteiger partial charge in [0.2, 0.25) is 0 Å². The van der Waals surface area contributed by atoms with Gasteiger partial charge in [-0.25, -0.2) is 9.59 Å². The van der Waals surface area contributed by atoms with Crippen molar-refractivity contribution in [3.63, 3.8) is 0 Å². The highest BCUT2D eigenvalue weighted by molar-refractivity contribution is 7.98. The third-order valence-corrected chi connectivity index (χ3v) is 6.96. The smallest absolute Gasteiger partial charge is 0.407 e. The van der Waals surface area contributed by atoms with Crippen LogP contribution >= 0.6 is 11.8 Å². The Hall–Kier alpha value is -3.32. The van der Waals surface area contributed by atoms with Gasteiger partial charge in [0.15, 0.2) is 0 Å². The number of rotatable bonds is 9. The average Bonchev–Trinajstić information content (AvgIpc) is 2.82. The van der Waals surface area contributed by atoms with Crippen LogP contribution in [0.3, 0.4) is 0 Å². The van der Waals surface area contributed by atoms with Crippen LogP contribution in [0.2, 0.25) is 0 Å². The van der Waals surface area contributed by atoms with Crippen LogP contribution in [0.25, 0.3) is 11.1 Å². The summed E-state index contributed by atoms with van der Waals surface area (Å²) in [5.74, 6) is 0.0997. The topological polar surface area (TPSA) is 88.5 Å². The SMILES string of the molecule is Cc1ccc(-c2c(CSc3ccc(C(=O)O)cc3)c(C)nc(CC(C)C)c2CNC(=O)OC(C)(C)C)cc1. The van der Waals surface area contributed by atoms with Crippen LogP contribution in [0, 0.1) is 19.8 Å². The zero-order valence-electron chi connectivity index (χ0n) is 23.3. The number of nitrogens with zero attached hydrogens (tertiary/aromatic N) is 1. The van der Waals surface area contributed by atoms with Gasteiger partial charge in [0, 0.05) is 34.1 Å². The van der Waals surface area contributed by atoms with Gasteiger partial charge in [0.1, 0.15) is 5.60 Å². The van der Waals surface area contributed by atoms with Crippen LogP contribution < -0.4 is 5.32 Å². The number of alkyl carbamates (subject to hydrolysis) is 1. The zero-order valence-corrected chi connectivity index (χ0v) is 24.2. The maximum Gasteiger partial charge on any atom is 0.407 e. The van der Waals surface area contributed by atoms with E-state index in [0.29, 0.717) is 18.2 Å². The van der Waals surface area contributed by atoms with Crippen molar-refractivity contribution >= 4 is 23.8 Å². The largest absolute Gasteiger partial charge is 0.478 e. The Morgan fingerprint density at radius 1 is 1.00 bits per heavy atom. The van der Waals surface area contributed by atoms with Crippen molar-refractivity contribution in [1.29, 1.82) is 0 Å². The molecule has 0 aliphatic rings. The van der Waals surface area contributed by atoms with Gasteiger partial charge in [-0.2, -0.15) is 0 Å². The number of aryl methyl sites for hydroxylation is 2. The van der Waals surface area contributed by atoms with E-state index in [1.165, 1.54) is 5.56 Å². The van der Waals surface area contributed by atoms with E-state index in [4.69, 9.17) is 9.72 Å². The van der Waals surface area contributed by atoms with Crippen molar-refractivity contribution in [2.24, 2.45) is 5.92 Å². The number of carbonyl (C=O) groups excluding carboxylic acids is 1. The highest BCUT2D eigenvalue weighted by Crippen LogP contribution is 2.36. The molecule has 0 spiro atoms. The van der Waals surface area contributed by atoms with E-state index < -0.39 is 17.7 Å². The van der Waals surface area contributed by atoms with Gasteiger partial charge in [0.25, 0.3) is 0 Å². The molecular weight excluding hydrogens is 496 g/mol. The monoisotopic (exact) mass is 534 g/mol. The summed E-state index contributed by atoms with van der Waals surface area (Å²) in [5.41, 5.74) is 7.02. The number of aromatic nitrogens is 1. The molecule has 7 heteroatoms. The average molecular weight is 535 g/mol. The summed E-state index contributed by atoms with van der Waals surface area (Å²) in [6.45, 7) is 14.3. The molecule has 0 aliphatic carbocycles. The lowest BCUT2D eigenvalue weighted by molar-refractivity contribution is 0.0523. The standard InChI is InChI=1S/C31H38N2O4S/c1-19(2)16-27-25(17-32-30(36)37-31(5,6)7)28(22-10-8-20(3)9-11-22)26(21(4)33-27)18-38-24-14-12-23(13-15-24)29(34)35/h8-15,19H,16-18H2,1-7H3,(H,32,36)(H,34,35). The van der Waals surface area contributed by atoms with Crippen LogP contribution in [0.15, 0.2) is 53.4 Å². The normalized spacial score (nSPS) is 11.5. The van der Waals surface area contributed by atoms with Crippen LogP contribution in [-0.2, 0) is 23.5 Å². The first-order valence-corrected chi connectivity index (χ1v) is 13.8. The van der Waals surface area contributed by atoms with Crippen LogP contribution in [0.5, 0.6) is 0 Å². The molecule has 0 saturated heterocycles. The van der Waals surface area contributed by atoms with Crippen LogP contribution in [-0.4, -0.2) is 27.8 Å². The van der Waals surface area contributed by atoms with E-state index in [9.17, 15) is 14.7 Å². The quantitative estimate of drug-likeness (QED) is 0.275. The van der Waals surface area contributed by atoms with Gasteiger partial charge in [-0.1, -0.05) is 43.7 Å². The molecule has 0 saturated carbocycles. The lowest BCUT2D eigenvalue weighted by Gasteiger charge is -2.23. The number of pyridine rings is 1. The van der Waals surface area contributed by atoms with Gasteiger partial charge in [-0.3, -0.25) is 4.98 Å². The molecule has 2 aromatic carbocycles. The molecule has 0 radical (unpaired) electrons. The molecule has 1 heterocycles. The lowest BCUT2D eigenvalue weighted by atomic mass is 9.90. The van der Waals surface area contributed by atoms with Gasteiger partial charge < -0.3 is 15.2 Å². The summed E-state index contributed by atoms with van der Waals surface area (Å²) in [6, 6.07) is 15.4. The number of hydrogen-bond acceptors (Lipinski definition) is 5. The maximum absolute atomic E-state index is 12.6. The molecule has 2 N–H and O–H groups in total. The molecule has 0 atom stereocenters. The molecule has 0 aliphatic heterocycles. The second-order valence-electron chi connectivity index (χ2n) is 10.9. The molecule has 0 bridgehead atoms. The molecule has 3 rings (SSSR count). The molecule has 1 amide bonds. The summed E-state index contributed by atoms with van der Waals surface area (Å²) >= 11 is 1.64. The fourth-order valence-corrected chi connectivity index (χ4v) is 5.15. The van der Waals surface area contributed by atoms with Crippen molar-refractivity contribution < 1.29 is 19.4 Å². The Labute approximate surface area is 230 Å². The first kappa shape index (κ1) is 29.2.